The van der Waals surface area contributed by atoms with Crippen LogP contribution in [0.15, 0.2) is 30.3 Å². The fraction of sp³-hybridized carbons (Fsp3) is 0.588. The molecule has 0 bridgehead atoms. The predicted octanol–water partition coefficient (Wildman–Crippen LogP) is 3.46. The van der Waals surface area contributed by atoms with Gasteiger partial charge >= 0.3 is 12.2 Å². The van der Waals surface area contributed by atoms with Gasteiger partial charge in [0.15, 0.2) is 0 Å². The molecule has 0 atom stereocenters. The van der Waals surface area contributed by atoms with Crippen LogP contribution in [-0.4, -0.2) is 40.9 Å². The molecule has 1 fully saturated rings. The topological polar surface area (TPSA) is 52.6 Å². The highest BCUT2D eigenvalue weighted by Crippen LogP contribution is 2.30. The van der Waals surface area contributed by atoms with Crippen molar-refractivity contribution in [2.24, 2.45) is 0 Å². The van der Waals surface area contributed by atoms with Gasteiger partial charge in [0.25, 0.3) is 0 Å². The highest BCUT2D eigenvalue weighted by atomic mass is 19.4. The average Bonchev–Trinajstić information content (AvgIpc) is 2.93. The molecule has 7 heteroatoms. The zero-order valence-corrected chi connectivity index (χ0v) is 13.5. The van der Waals surface area contributed by atoms with Gasteiger partial charge in [-0.1, -0.05) is 43.2 Å². The smallest absolute Gasteiger partial charge is 0.388 e. The molecular formula is C17H23F3N2O2. The maximum atomic E-state index is 12.3. The maximum absolute atomic E-state index is 12.3. The van der Waals surface area contributed by atoms with E-state index in [1.165, 1.54) is 4.90 Å². The highest BCUT2D eigenvalue weighted by Gasteiger charge is 2.35. The number of hydrogen-bond acceptors (Lipinski definition) is 2. The van der Waals surface area contributed by atoms with Gasteiger partial charge in [-0.05, 0) is 18.4 Å². The maximum Gasteiger partial charge on any atom is 0.390 e. The molecule has 2 amide bonds. The highest BCUT2D eigenvalue weighted by molar-refractivity contribution is 5.74. The molecule has 1 saturated carbocycles. The second kappa shape index (κ2) is 7.88. The second-order valence-electron chi connectivity index (χ2n) is 6.37. The summed E-state index contributed by atoms with van der Waals surface area (Å²) in [4.78, 5) is 13.7. The summed E-state index contributed by atoms with van der Waals surface area (Å²) in [5.41, 5.74) is -0.0825. The van der Waals surface area contributed by atoms with Crippen LogP contribution in [-0.2, 0) is 6.54 Å². The van der Waals surface area contributed by atoms with Crippen LogP contribution in [0.2, 0.25) is 0 Å². The Morgan fingerprint density at radius 3 is 2.42 bits per heavy atom. The van der Waals surface area contributed by atoms with Gasteiger partial charge in [0, 0.05) is 13.1 Å². The Kier molecular flexibility index (Phi) is 6.10. The van der Waals surface area contributed by atoms with E-state index in [1.54, 1.807) is 0 Å². The van der Waals surface area contributed by atoms with Crippen LogP contribution in [0.3, 0.4) is 0 Å². The summed E-state index contributed by atoms with van der Waals surface area (Å²) in [5.74, 6) is 0. The molecule has 4 nitrogen and oxygen atoms in total. The zero-order valence-electron chi connectivity index (χ0n) is 13.5. The first kappa shape index (κ1) is 18.6. The van der Waals surface area contributed by atoms with E-state index in [0.29, 0.717) is 12.8 Å². The van der Waals surface area contributed by atoms with Crippen molar-refractivity contribution in [1.29, 1.82) is 0 Å². The molecule has 1 aliphatic rings. The third kappa shape index (κ3) is 6.03. The summed E-state index contributed by atoms with van der Waals surface area (Å²) >= 11 is 0. The Hall–Kier alpha value is -1.76. The van der Waals surface area contributed by atoms with E-state index in [1.807, 2.05) is 30.3 Å². The number of amides is 2. The van der Waals surface area contributed by atoms with Crippen LogP contribution in [0.5, 0.6) is 0 Å². The van der Waals surface area contributed by atoms with E-state index in [4.69, 9.17) is 0 Å². The minimum atomic E-state index is -4.30. The molecule has 0 aliphatic heterocycles. The molecule has 0 spiro atoms. The molecule has 1 aromatic rings. The van der Waals surface area contributed by atoms with Crippen molar-refractivity contribution in [3.8, 4) is 0 Å². The summed E-state index contributed by atoms with van der Waals surface area (Å²) in [5, 5.41) is 12.8. The average molecular weight is 344 g/mol. The normalized spacial score (nSPS) is 16.8. The number of benzene rings is 1. The third-order valence-corrected chi connectivity index (χ3v) is 4.21. The van der Waals surface area contributed by atoms with Gasteiger partial charge in [-0.3, -0.25) is 0 Å². The van der Waals surface area contributed by atoms with E-state index < -0.39 is 30.8 Å². The minimum absolute atomic E-state index is 0.125. The summed E-state index contributed by atoms with van der Waals surface area (Å²) < 4.78 is 36.7. The molecule has 1 aliphatic carbocycles. The number of halogens is 3. The van der Waals surface area contributed by atoms with Gasteiger partial charge in [-0.25, -0.2) is 4.79 Å². The van der Waals surface area contributed by atoms with Crippen LogP contribution in [0.1, 0.15) is 37.7 Å². The number of alkyl halides is 3. The van der Waals surface area contributed by atoms with Crippen molar-refractivity contribution in [1.82, 2.24) is 10.2 Å². The SMILES string of the molecule is O=C(NCCC(F)(F)F)N(Cc1ccccc1)CC1(O)CCCC1. The lowest BCUT2D eigenvalue weighted by molar-refractivity contribution is -0.133. The van der Waals surface area contributed by atoms with Crippen molar-refractivity contribution in [2.45, 2.75) is 50.4 Å². The standard InChI is InChI=1S/C17H23F3N2O2/c18-17(19,20)10-11-21-15(23)22(12-14-6-2-1-3-7-14)13-16(24)8-4-5-9-16/h1-3,6-7,24H,4-5,8-13H2,(H,21,23). The Bertz CT molecular complexity index is 528. The number of nitrogens with one attached hydrogen (secondary N) is 1. The number of carbonyl (C=O) groups is 1. The van der Waals surface area contributed by atoms with Gasteiger partial charge in [0.1, 0.15) is 0 Å². The molecule has 0 radical (unpaired) electrons. The van der Waals surface area contributed by atoms with Crippen LogP contribution in [0, 0.1) is 0 Å². The fourth-order valence-corrected chi connectivity index (χ4v) is 2.97. The molecule has 2 N–H and O–H groups in total. The molecule has 0 saturated heterocycles. The van der Waals surface area contributed by atoms with Gasteiger partial charge < -0.3 is 15.3 Å². The number of carbonyl (C=O) groups excluding carboxylic acids is 1. The zero-order chi connectivity index (χ0) is 17.6. The quantitative estimate of drug-likeness (QED) is 0.830. The Morgan fingerprint density at radius 1 is 1.21 bits per heavy atom. The number of urea groups is 1. The largest absolute Gasteiger partial charge is 0.390 e. The van der Waals surface area contributed by atoms with E-state index >= 15 is 0 Å². The summed E-state index contributed by atoms with van der Waals surface area (Å²) in [6.07, 6.45) is -2.37. The number of hydrogen-bond donors (Lipinski definition) is 2. The van der Waals surface area contributed by atoms with Crippen molar-refractivity contribution in [3.63, 3.8) is 0 Å². The molecule has 2 rings (SSSR count). The van der Waals surface area contributed by atoms with E-state index in [9.17, 15) is 23.1 Å². The fourth-order valence-electron chi connectivity index (χ4n) is 2.97. The molecule has 24 heavy (non-hydrogen) atoms. The first-order valence-electron chi connectivity index (χ1n) is 8.13. The number of aliphatic hydroxyl groups is 1. The van der Waals surface area contributed by atoms with Gasteiger partial charge in [0.05, 0.1) is 18.6 Å². The first-order valence-corrected chi connectivity index (χ1v) is 8.13. The lowest BCUT2D eigenvalue weighted by atomic mass is 10.0. The minimum Gasteiger partial charge on any atom is -0.388 e. The Balaban J connectivity index is 1.99. The summed E-state index contributed by atoms with van der Waals surface area (Å²) in [7, 11) is 0. The second-order valence-corrected chi connectivity index (χ2v) is 6.37. The summed E-state index contributed by atoms with van der Waals surface area (Å²) in [6, 6.07) is 8.62. The van der Waals surface area contributed by atoms with Crippen LogP contribution in [0.25, 0.3) is 0 Å². The van der Waals surface area contributed by atoms with Crippen molar-refractivity contribution < 1.29 is 23.1 Å². The van der Waals surface area contributed by atoms with Crippen LogP contribution < -0.4 is 5.32 Å². The molecule has 0 unspecified atom stereocenters. The van der Waals surface area contributed by atoms with E-state index in [2.05, 4.69) is 5.32 Å². The molecular weight excluding hydrogens is 321 g/mol. The Morgan fingerprint density at radius 2 is 1.83 bits per heavy atom. The van der Waals surface area contributed by atoms with Crippen molar-refractivity contribution in [2.75, 3.05) is 13.1 Å². The molecule has 1 aromatic carbocycles. The number of nitrogens with zero attached hydrogens (tertiary/aromatic N) is 1. The lowest BCUT2D eigenvalue weighted by Crippen LogP contribution is -2.48. The molecule has 0 aromatic heterocycles. The van der Waals surface area contributed by atoms with E-state index in [0.717, 1.165) is 18.4 Å². The predicted molar refractivity (Wildman–Crippen MR) is 84.3 cm³/mol. The molecule has 0 heterocycles. The summed E-state index contributed by atoms with van der Waals surface area (Å²) in [6.45, 7) is -0.0905. The van der Waals surface area contributed by atoms with Crippen LogP contribution >= 0.6 is 0 Å². The van der Waals surface area contributed by atoms with Crippen molar-refractivity contribution in [3.05, 3.63) is 35.9 Å². The number of rotatable bonds is 6. The Labute approximate surface area is 139 Å². The van der Waals surface area contributed by atoms with Crippen LogP contribution in [0.4, 0.5) is 18.0 Å². The first-order chi connectivity index (χ1) is 11.3. The van der Waals surface area contributed by atoms with Crippen molar-refractivity contribution >= 4 is 6.03 Å². The van der Waals surface area contributed by atoms with E-state index in [-0.39, 0.29) is 13.1 Å². The third-order valence-electron chi connectivity index (χ3n) is 4.21. The molecule has 134 valence electrons. The lowest BCUT2D eigenvalue weighted by Gasteiger charge is -2.31. The van der Waals surface area contributed by atoms with Gasteiger partial charge in [-0.2, -0.15) is 13.2 Å². The monoisotopic (exact) mass is 344 g/mol. The van der Waals surface area contributed by atoms with Gasteiger partial charge in [0.2, 0.25) is 0 Å². The van der Waals surface area contributed by atoms with Gasteiger partial charge in [-0.15, -0.1) is 0 Å².